The number of anilines is 1. The van der Waals surface area contributed by atoms with Gasteiger partial charge in [-0.2, -0.15) is 0 Å². The van der Waals surface area contributed by atoms with Crippen molar-refractivity contribution in [1.29, 1.82) is 0 Å². The smallest absolute Gasteiger partial charge is 0.251 e. The number of amides is 1. The maximum Gasteiger partial charge on any atom is 0.251 e. The molecule has 1 saturated heterocycles. The van der Waals surface area contributed by atoms with Crippen molar-refractivity contribution in [3.05, 3.63) is 47.2 Å². The monoisotopic (exact) mass is 467 g/mol. The quantitative estimate of drug-likeness (QED) is 0.460. The first kappa shape index (κ1) is 24.0. The minimum atomic E-state index is -0.0340. The summed E-state index contributed by atoms with van der Waals surface area (Å²) in [7, 11) is 0. The van der Waals surface area contributed by atoms with E-state index in [1.54, 1.807) is 11.8 Å². The van der Waals surface area contributed by atoms with E-state index < -0.39 is 0 Å². The molecule has 33 heavy (non-hydrogen) atoms. The summed E-state index contributed by atoms with van der Waals surface area (Å²) in [5, 5.41) is 3.85. The summed E-state index contributed by atoms with van der Waals surface area (Å²) >= 11 is 1.66. The van der Waals surface area contributed by atoms with E-state index in [-0.39, 0.29) is 11.3 Å². The van der Waals surface area contributed by atoms with Gasteiger partial charge in [-0.1, -0.05) is 51.6 Å². The molecule has 0 unspecified atom stereocenters. The van der Waals surface area contributed by atoms with E-state index in [0.717, 1.165) is 67.3 Å². The van der Waals surface area contributed by atoms with Gasteiger partial charge in [0.05, 0.1) is 5.69 Å². The van der Waals surface area contributed by atoms with Gasteiger partial charge in [-0.15, -0.1) is 0 Å². The van der Waals surface area contributed by atoms with Gasteiger partial charge in [0, 0.05) is 55.5 Å². The lowest BCUT2D eigenvalue weighted by Crippen LogP contribution is -2.46. The van der Waals surface area contributed by atoms with Gasteiger partial charge in [0.2, 0.25) is 0 Å². The van der Waals surface area contributed by atoms with Crippen LogP contribution < -0.4 is 10.2 Å². The van der Waals surface area contributed by atoms with Crippen molar-refractivity contribution in [3.63, 3.8) is 0 Å². The SMILES string of the molecule is CCN1CCN(c2cc(C(C)(C)C)nc(SCc3ccc(C(=O)NCC4CC4)cc3)n2)CC1. The van der Waals surface area contributed by atoms with Crippen LogP contribution >= 0.6 is 11.8 Å². The van der Waals surface area contributed by atoms with Gasteiger partial charge in [0.15, 0.2) is 5.16 Å². The molecule has 1 N–H and O–H groups in total. The second-order valence-corrected chi connectivity index (χ2v) is 11.1. The Labute approximate surface area is 202 Å². The molecule has 0 radical (unpaired) electrons. The molecule has 2 aliphatic rings. The molecule has 2 aromatic rings. The fraction of sp³-hybridized carbons (Fsp3) is 0.577. The van der Waals surface area contributed by atoms with E-state index in [1.165, 1.54) is 18.4 Å². The molecule has 1 amide bonds. The first-order valence-corrected chi connectivity index (χ1v) is 13.2. The van der Waals surface area contributed by atoms with Crippen molar-refractivity contribution in [1.82, 2.24) is 20.2 Å². The fourth-order valence-corrected chi connectivity index (χ4v) is 4.69. The Hall–Kier alpha value is -2.12. The summed E-state index contributed by atoms with van der Waals surface area (Å²) in [5.41, 5.74) is 2.94. The number of hydrogen-bond acceptors (Lipinski definition) is 6. The zero-order chi connectivity index (χ0) is 23.4. The van der Waals surface area contributed by atoms with Crippen molar-refractivity contribution in [2.45, 2.75) is 56.9 Å². The van der Waals surface area contributed by atoms with Crippen molar-refractivity contribution in [3.8, 4) is 0 Å². The lowest BCUT2D eigenvalue weighted by Gasteiger charge is -2.35. The summed E-state index contributed by atoms with van der Waals surface area (Å²) in [6.07, 6.45) is 2.48. The Morgan fingerprint density at radius 1 is 1.09 bits per heavy atom. The van der Waals surface area contributed by atoms with E-state index in [4.69, 9.17) is 9.97 Å². The third-order valence-electron chi connectivity index (χ3n) is 6.44. The van der Waals surface area contributed by atoms with Gasteiger partial charge >= 0.3 is 0 Å². The van der Waals surface area contributed by atoms with Crippen LogP contribution in [0.4, 0.5) is 5.82 Å². The third kappa shape index (κ3) is 6.70. The van der Waals surface area contributed by atoms with E-state index in [0.29, 0.717) is 5.92 Å². The molecular weight excluding hydrogens is 430 g/mol. The molecule has 2 heterocycles. The molecule has 1 saturated carbocycles. The summed E-state index contributed by atoms with van der Waals surface area (Å²) in [6, 6.07) is 10.1. The van der Waals surface area contributed by atoms with Gasteiger partial charge in [0.25, 0.3) is 5.91 Å². The summed E-state index contributed by atoms with van der Waals surface area (Å²) in [4.78, 5) is 27.0. The number of rotatable bonds is 8. The number of nitrogens with zero attached hydrogens (tertiary/aromatic N) is 4. The first-order chi connectivity index (χ1) is 15.8. The van der Waals surface area contributed by atoms with Gasteiger partial charge in [-0.3, -0.25) is 4.79 Å². The van der Waals surface area contributed by atoms with E-state index in [1.807, 2.05) is 24.3 Å². The molecule has 0 atom stereocenters. The van der Waals surface area contributed by atoms with Crippen LogP contribution in [-0.4, -0.2) is 60.0 Å². The van der Waals surface area contributed by atoms with Gasteiger partial charge < -0.3 is 15.1 Å². The average Bonchev–Trinajstić information content (AvgIpc) is 3.65. The molecule has 1 aliphatic heterocycles. The van der Waals surface area contributed by atoms with Crippen LogP contribution in [0.25, 0.3) is 0 Å². The Morgan fingerprint density at radius 3 is 2.39 bits per heavy atom. The molecule has 1 aromatic carbocycles. The van der Waals surface area contributed by atoms with E-state index >= 15 is 0 Å². The highest BCUT2D eigenvalue weighted by molar-refractivity contribution is 7.98. The largest absolute Gasteiger partial charge is 0.354 e. The van der Waals surface area contributed by atoms with Gasteiger partial charge in [-0.25, -0.2) is 9.97 Å². The van der Waals surface area contributed by atoms with Crippen LogP contribution in [0.1, 0.15) is 62.2 Å². The maximum atomic E-state index is 12.3. The van der Waals surface area contributed by atoms with Crippen LogP contribution in [0, 0.1) is 5.92 Å². The van der Waals surface area contributed by atoms with E-state index in [2.05, 4.69) is 48.9 Å². The summed E-state index contributed by atoms with van der Waals surface area (Å²) in [6.45, 7) is 14.9. The molecule has 4 rings (SSSR count). The topological polar surface area (TPSA) is 61.4 Å². The second-order valence-electron chi connectivity index (χ2n) is 10.2. The number of carbonyl (C=O) groups excluding carboxylic acids is 1. The number of aromatic nitrogens is 2. The Morgan fingerprint density at radius 2 is 1.79 bits per heavy atom. The predicted molar refractivity (Wildman–Crippen MR) is 136 cm³/mol. The first-order valence-electron chi connectivity index (χ1n) is 12.2. The van der Waals surface area contributed by atoms with Crippen molar-refractivity contribution in [2.24, 2.45) is 5.92 Å². The minimum absolute atomic E-state index is 0.0233. The molecule has 7 heteroatoms. The number of hydrogen-bond donors (Lipinski definition) is 1. The maximum absolute atomic E-state index is 12.3. The number of likely N-dealkylation sites (N-methyl/N-ethyl adjacent to an activating group) is 1. The zero-order valence-electron chi connectivity index (χ0n) is 20.4. The van der Waals surface area contributed by atoms with Crippen LogP contribution in [0.3, 0.4) is 0 Å². The molecule has 1 aromatic heterocycles. The van der Waals surface area contributed by atoms with Crippen molar-refractivity contribution < 1.29 is 4.79 Å². The van der Waals surface area contributed by atoms with Crippen LogP contribution in [0.2, 0.25) is 0 Å². The average molecular weight is 468 g/mol. The molecule has 1 aliphatic carbocycles. The van der Waals surface area contributed by atoms with E-state index in [9.17, 15) is 4.79 Å². The Bertz CT molecular complexity index is 944. The normalized spacial score (nSPS) is 17.3. The minimum Gasteiger partial charge on any atom is -0.354 e. The molecular formula is C26H37N5OS. The van der Waals surface area contributed by atoms with Crippen LogP contribution in [0.5, 0.6) is 0 Å². The van der Waals surface area contributed by atoms with Gasteiger partial charge in [0.1, 0.15) is 5.82 Å². The lowest BCUT2D eigenvalue weighted by molar-refractivity contribution is 0.0952. The van der Waals surface area contributed by atoms with Crippen molar-refractivity contribution in [2.75, 3.05) is 44.2 Å². The second kappa shape index (κ2) is 10.4. The predicted octanol–water partition coefficient (Wildman–Crippen LogP) is 4.35. The molecule has 2 fully saturated rings. The molecule has 0 bridgehead atoms. The molecule has 0 spiro atoms. The highest BCUT2D eigenvalue weighted by atomic mass is 32.2. The van der Waals surface area contributed by atoms with Crippen LogP contribution in [0.15, 0.2) is 35.5 Å². The number of carbonyl (C=O) groups is 1. The molecule has 178 valence electrons. The summed E-state index contributed by atoms with van der Waals surface area (Å²) in [5.74, 6) is 2.53. The van der Waals surface area contributed by atoms with Gasteiger partial charge in [-0.05, 0) is 43.0 Å². The van der Waals surface area contributed by atoms with Crippen LogP contribution in [-0.2, 0) is 11.2 Å². The summed E-state index contributed by atoms with van der Waals surface area (Å²) < 4.78 is 0. The third-order valence-corrected chi connectivity index (χ3v) is 7.35. The number of nitrogens with one attached hydrogen (secondary N) is 1. The highest BCUT2D eigenvalue weighted by Gasteiger charge is 2.23. The molecule has 6 nitrogen and oxygen atoms in total. The Balaban J connectivity index is 1.41. The number of piperazine rings is 1. The standard InChI is InChI=1S/C26H37N5OS/c1-5-30-12-14-31(15-13-30)23-16-22(26(2,3)4)28-25(29-23)33-18-20-8-10-21(11-9-20)24(32)27-17-19-6-7-19/h8-11,16,19H,5-7,12-15,17-18H2,1-4H3,(H,27,32). The number of thioether (sulfide) groups is 1. The lowest BCUT2D eigenvalue weighted by atomic mass is 9.92. The Kier molecular flexibility index (Phi) is 7.59. The zero-order valence-corrected chi connectivity index (χ0v) is 21.2. The highest BCUT2D eigenvalue weighted by Crippen LogP contribution is 2.29. The fourth-order valence-electron chi connectivity index (χ4n) is 3.88. The van der Waals surface area contributed by atoms with Crippen molar-refractivity contribution >= 4 is 23.5 Å². The number of benzene rings is 1.